The van der Waals surface area contributed by atoms with Gasteiger partial charge in [-0.05, 0) is 27.8 Å². The van der Waals surface area contributed by atoms with Crippen LogP contribution in [0.15, 0.2) is 0 Å². The molecule has 0 spiro atoms. The van der Waals surface area contributed by atoms with Crippen molar-refractivity contribution in [1.29, 1.82) is 0 Å². The fourth-order valence-electron chi connectivity index (χ4n) is 1.65. The molecule has 1 aliphatic heterocycles. The van der Waals surface area contributed by atoms with Crippen LogP contribution in [0, 0.1) is 5.41 Å². The smallest absolute Gasteiger partial charge is 0.492 e. The van der Waals surface area contributed by atoms with Crippen molar-refractivity contribution in [2.24, 2.45) is 5.41 Å². The van der Waals surface area contributed by atoms with Crippen molar-refractivity contribution in [3.8, 4) is 0 Å². The van der Waals surface area contributed by atoms with E-state index in [2.05, 4.69) is 0 Å². The van der Waals surface area contributed by atoms with Crippen molar-refractivity contribution in [2.45, 2.75) is 20.8 Å². The lowest BCUT2D eigenvalue weighted by Gasteiger charge is -2.26. The van der Waals surface area contributed by atoms with Gasteiger partial charge >= 0.3 is 25.0 Å². The Morgan fingerprint density at radius 1 is 1.24 bits per heavy atom. The molecule has 0 aromatic rings. The van der Waals surface area contributed by atoms with Crippen LogP contribution in [0.2, 0.25) is 0 Å². The predicted octanol–water partition coefficient (Wildman–Crippen LogP) is -0.796. The number of hydrogen-bond donors (Lipinski definition) is 0. The molecule has 0 amide bonds. The fourth-order valence-corrected chi connectivity index (χ4v) is 1.65. The van der Waals surface area contributed by atoms with Gasteiger partial charge in [0.15, 0.2) is 0 Å². The molecule has 0 unspecified atom stereocenters. The number of carbonyl (C=O) groups is 4. The van der Waals surface area contributed by atoms with Gasteiger partial charge in [0.05, 0.1) is 19.7 Å². The second-order valence-electron chi connectivity index (χ2n) is 5.19. The molecule has 1 heterocycles. The number of hydrogen-bond acceptors (Lipinski definition) is 8. The molecular formula is C12H18BNO7. The lowest BCUT2D eigenvalue weighted by atomic mass is 9.67. The third kappa shape index (κ3) is 4.28. The van der Waals surface area contributed by atoms with Crippen LogP contribution in [0.5, 0.6) is 0 Å². The van der Waals surface area contributed by atoms with Crippen LogP contribution in [0.4, 0.5) is 0 Å². The largest absolute Gasteiger partial charge is 0.676 e. The summed E-state index contributed by atoms with van der Waals surface area (Å²) < 4.78 is 14.5. The van der Waals surface area contributed by atoms with Crippen LogP contribution in [0.3, 0.4) is 0 Å². The minimum absolute atomic E-state index is 0.102. The Hall–Kier alpha value is -1.90. The Labute approximate surface area is 122 Å². The van der Waals surface area contributed by atoms with E-state index in [0.717, 1.165) is 0 Å². The molecule has 116 valence electrons. The van der Waals surface area contributed by atoms with E-state index < -0.39 is 36.1 Å². The van der Waals surface area contributed by atoms with E-state index in [0.29, 0.717) is 0 Å². The van der Waals surface area contributed by atoms with E-state index in [9.17, 15) is 19.2 Å². The highest BCUT2D eigenvalue weighted by Gasteiger charge is 2.51. The van der Waals surface area contributed by atoms with Gasteiger partial charge in [0.2, 0.25) is 5.68 Å². The van der Waals surface area contributed by atoms with Gasteiger partial charge in [0.25, 0.3) is 0 Å². The topological polar surface area (TPSA) is 99.2 Å². The van der Waals surface area contributed by atoms with Crippen LogP contribution in [0.1, 0.15) is 20.8 Å². The van der Waals surface area contributed by atoms with E-state index in [4.69, 9.17) is 14.0 Å². The minimum Gasteiger partial charge on any atom is -0.492 e. The van der Waals surface area contributed by atoms with Gasteiger partial charge in [-0.1, -0.05) is 0 Å². The molecule has 0 saturated carbocycles. The van der Waals surface area contributed by atoms with Crippen molar-refractivity contribution >= 4 is 30.7 Å². The molecule has 9 heteroatoms. The van der Waals surface area contributed by atoms with Gasteiger partial charge in [-0.25, -0.2) is 0 Å². The summed E-state index contributed by atoms with van der Waals surface area (Å²) in [6.45, 7) is 4.03. The Morgan fingerprint density at radius 3 is 2.14 bits per heavy atom. The summed E-state index contributed by atoms with van der Waals surface area (Å²) in [5.74, 6) is -2.22. The normalized spacial score (nSPS) is 17.4. The van der Waals surface area contributed by atoms with Gasteiger partial charge in [-0.15, -0.1) is 0 Å². The number of ether oxygens (including phenoxy) is 1. The highest BCUT2D eigenvalue weighted by molar-refractivity contribution is 6.84. The van der Waals surface area contributed by atoms with Gasteiger partial charge in [0, 0.05) is 0 Å². The van der Waals surface area contributed by atoms with Crippen LogP contribution in [-0.2, 0) is 33.2 Å². The van der Waals surface area contributed by atoms with Crippen LogP contribution >= 0.6 is 0 Å². The summed E-state index contributed by atoms with van der Waals surface area (Å²) in [5, 5.41) is 0. The van der Waals surface area contributed by atoms with Crippen LogP contribution in [0.25, 0.3) is 0 Å². The van der Waals surface area contributed by atoms with Gasteiger partial charge < -0.3 is 14.0 Å². The molecular weight excluding hydrogens is 281 g/mol. The fraction of sp³-hybridized carbons (Fsp3) is 0.667. The van der Waals surface area contributed by atoms with Crippen molar-refractivity contribution in [2.75, 3.05) is 26.7 Å². The number of rotatable bonds is 4. The maximum atomic E-state index is 12.3. The lowest BCUT2D eigenvalue weighted by Crippen LogP contribution is -2.52. The maximum Gasteiger partial charge on any atom is 0.676 e. The Morgan fingerprint density at radius 2 is 1.71 bits per heavy atom. The quantitative estimate of drug-likeness (QED) is 0.378. The summed E-state index contributed by atoms with van der Waals surface area (Å²) in [6.07, 6.45) is 0. The molecule has 0 N–H and O–H groups in total. The number of carbonyl (C=O) groups excluding carboxylic acids is 4. The Kier molecular flexibility index (Phi) is 5.48. The SMILES string of the molecule is CCOC(=O)C(C)(C)C(=O)B1OC(=O)CN(C)CC(=O)O1. The van der Waals surface area contributed by atoms with Crippen LogP contribution < -0.4 is 0 Å². The molecule has 0 bridgehead atoms. The summed E-state index contributed by atoms with van der Waals surface area (Å²) in [6, 6.07) is 0. The molecule has 1 aliphatic rings. The van der Waals surface area contributed by atoms with E-state index >= 15 is 0 Å². The van der Waals surface area contributed by atoms with E-state index in [1.54, 1.807) is 6.92 Å². The number of esters is 1. The summed E-state index contributed by atoms with van der Waals surface area (Å²) in [4.78, 5) is 48.6. The molecule has 1 saturated heterocycles. The summed E-state index contributed by atoms with van der Waals surface area (Å²) in [7, 11) is -0.203. The second-order valence-corrected chi connectivity index (χ2v) is 5.19. The molecule has 0 radical (unpaired) electrons. The third-order valence-electron chi connectivity index (χ3n) is 2.89. The highest BCUT2D eigenvalue weighted by atomic mass is 16.6. The Bertz CT molecular complexity index is 443. The number of likely N-dealkylation sites (N-methyl/N-ethyl adjacent to an activating group) is 1. The average Bonchev–Trinajstić information content (AvgIpc) is 2.35. The highest BCUT2D eigenvalue weighted by Crippen LogP contribution is 2.22. The first-order chi connectivity index (χ1) is 9.68. The summed E-state index contributed by atoms with van der Waals surface area (Å²) in [5.41, 5.74) is -2.43. The van der Waals surface area contributed by atoms with Crippen molar-refractivity contribution in [3.05, 3.63) is 0 Å². The van der Waals surface area contributed by atoms with E-state index in [1.807, 2.05) is 0 Å². The lowest BCUT2D eigenvalue weighted by molar-refractivity contribution is -0.159. The van der Waals surface area contributed by atoms with E-state index in [-0.39, 0.29) is 19.7 Å². The molecule has 1 rings (SSSR count). The van der Waals surface area contributed by atoms with Crippen LogP contribution in [-0.4, -0.2) is 62.4 Å². The third-order valence-corrected chi connectivity index (χ3v) is 2.89. The molecule has 0 aromatic carbocycles. The molecule has 21 heavy (non-hydrogen) atoms. The molecule has 0 aromatic heterocycles. The van der Waals surface area contributed by atoms with Crippen molar-refractivity contribution in [3.63, 3.8) is 0 Å². The zero-order chi connectivity index (χ0) is 16.2. The number of nitrogens with zero attached hydrogens (tertiary/aromatic N) is 1. The molecule has 0 atom stereocenters. The summed E-state index contributed by atoms with van der Waals surface area (Å²) >= 11 is 0. The first-order valence-electron chi connectivity index (χ1n) is 6.47. The minimum atomic E-state index is -1.74. The maximum absolute atomic E-state index is 12.3. The standard InChI is InChI=1S/C12H18BNO7/c1-5-19-11(18)12(2,3)10(17)13-20-8(15)6-14(4)7-9(16)21-13/h5-7H2,1-4H3. The first kappa shape index (κ1) is 17.2. The van der Waals surface area contributed by atoms with Crippen molar-refractivity contribution < 1.29 is 33.2 Å². The molecule has 8 nitrogen and oxygen atoms in total. The van der Waals surface area contributed by atoms with Gasteiger partial charge in [0.1, 0.15) is 5.41 Å². The second kappa shape index (κ2) is 6.71. The average molecular weight is 299 g/mol. The monoisotopic (exact) mass is 299 g/mol. The molecule has 0 aliphatic carbocycles. The Balaban J connectivity index is 2.90. The van der Waals surface area contributed by atoms with E-state index in [1.165, 1.54) is 25.8 Å². The first-order valence-corrected chi connectivity index (χ1v) is 6.47. The van der Waals surface area contributed by atoms with Crippen molar-refractivity contribution in [1.82, 2.24) is 4.90 Å². The zero-order valence-electron chi connectivity index (χ0n) is 12.5. The zero-order valence-corrected chi connectivity index (χ0v) is 12.5. The van der Waals surface area contributed by atoms with Gasteiger partial charge in [-0.3, -0.25) is 24.1 Å². The predicted molar refractivity (Wildman–Crippen MR) is 70.9 cm³/mol. The van der Waals surface area contributed by atoms with Gasteiger partial charge in [-0.2, -0.15) is 0 Å². The molecule has 1 fully saturated rings.